The molecule has 2 heterocycles. The van der Waals surface area contributed by atoms with Crippen LogP contribution >= 0.6 is 0 Å². The number of hydrazine groups is 1. The summed E-state index contributed by atoms with van der Waals surface area (Å²) in [6.07, 6.45) is 1.85. The van der Waals surface area contributed by atoms with Gasteiger partial charge >= 0.3 is 6.03 Å². The molecule has 10 heteroatoms. The Bertz CT molecular complexity index is 859. The van der Waals surface area contributed by atoms with Gasteiger partial charge in [0.05, 0.1) is 17.4 Å². The minimum Gasteiger partial charge on any atom is -0.324 e. The maximum Gasteiger partial charge on any atom is 0.321 e. The zero-order valence-electron chi connectivity index (χ0n) is 16.1. The largest absolute Gasteiger partial charge is 0.324 e. The van der Waals surface area contributed by atoms with Crippen molar-refractivity contribution in [1.82, 2.24) is 15.8 Å². The topological polar surface area (TPSA) is 125 Å². The number of amides is 4. The predicted molar refractivity (Wildman–Crippen MR) is 107 cm³/mol. The van der Waals surface area contributed by atoms with Gasteiger partial charge in [-0.1, -0.05) is 18.2 Å². The third-order valence-corrected chi connectivity index (χ3v) is 7.07. The molecule has 2 aliphatic rings. The standard InChI is InChI=1S/C19H26N4O5S/c24-17(11-14-8-10-29(27,28)13-14)21-22-18(25)15-5-4-9-23(12-15)19(26)20-16-6-2-1-3-7-16/h1-3,6-7,14-15H,4-5,8-13H2,(H,20,26)(H,21,24)(H,22,25)/t14-,15-/m1/s1. The highest BCUT2D eigenvalue weighted by Crippen LogP contribution is 2.21. The van der Waals surface area contributed by atoms with Crippen LogP contribution in [0.2, 0.25) is 0 Å². The second kappa shape index (κ2) is 9.25. The lowest BCUT2D eigenvalue weighted by Crippen LogP contribution is -2.50. The molecule has 158 valence electrons. The van der Waals surface area contributed by atoms with Crippen molar-refractivity contribution in [3.8, 4) is 0 Å². The number of carbonyl (C=O) groups is 3. The average Bonchev–Trinajstić information content (AvgIpc) is 3.05. The van der Waals surface area contributed by atoms with Crippen LogP contribution in [0.25, 0.3) is 0 Å². The maximum absolute atomic E-state index is 12.4. The van der Waals surface area contributed by atoms with Crippen molar-refractivity contribution in [2.75, 3.05) is 29.9 Å². The molecule has 9 nitrogen and oxygen atoms in total. The Morgan fingerprint density at radius 2 is 1.83 bits per heavy atom. The summed E-state index contributed by atoms with van der Waals surface area (Å²) in [7, 11) is -3.04. The normalized spacial score (nSPS) is 23.2. The van der Waals surface area contributed by atoms with Crippen LogP contribution in [0.4, 0.5) is 10.5 Å². The van der Waals surface area contributed by atoms with Crippen LogP contribution in [-0.2, 0) is 19.4 Å². The van der Waals surface area contributed by atoms with Crippen LogP contribution in [0.3, 0.4) is 0 Å². The highest BCUT2D eigenvalue weighted by atomic mass is 32.2. The van der Waals surface area contributed by atoms with E-state index in [1.54, 1.807) is 17.0 Å². The number of likely N-dealkylation sites (tertiary alicyclic amines) is 1. The van der Waals surface area contributed by atoms with Crippen molar-refractivity contribution in [2.45, 2.75) is 25.7 Å². The molecular weight excluding hydrogens is 396 g/mol. The minimum absolute atomic E-state index is 0.0163. The van der Waals surface area contributed by atoms with E-state index in [-0.39, 0.29) is 42.3 Å². The van der Waals surface area contributed by atoms with Gasteiger partial charge in [-0.05, 0) is 37.3 Å². The van der Waals surface area contributed by atoms with Gasteiger partial charge in [-0.2, -0.15) is 0 Å². The van der Waals surface area contributed by atoms with Crippen molar-refractivity contribution in [2.24, 2.45) is 11.8 Å². The molecule has 29 heavy (non-hydrogen) atoms. The first-order chi connectivity index (χ1) is 13.8. The number of benzene rings is 1. The number of anilines is 1. The Morgan fingerprint density at radius 3 is 2.52 bits per heavy atom. The van der Waals surface area contributed by atoms with Gasteiger partial charge in [-0.3, -0.25) is 20.4 Å². The fourth-order valence-electron chi connectivity index (χ4n) is 3.68. The van der Waals surface area contributed by atoms with Crippen molar-refractivity contribution in [3.05, 3.63) is 30.3 Å². The van der Waals surface area contributed by atoms with Gasteiger partial charge in [0.2, 0.25) is 11.8 Å². The summed E-state index contributed by atoms with van der Waals surface area (Å²) in [6.45, 7) is 0.826. The van der Waals surface area contributed by atoms with Gasteiger partial charge in [0.1, 0.15) is 0 Å². The van der Waals surface area contributed by atoms with Gasteiger partial charge in [0.25, 0.3) is 0 Å². The highest BCUT2D eigenvalue weighted by Gasteiger charge is 2.31. The average molecular weight is 423 g/mol. The molecule has 3 N–H and O–H groups in total. The lowest BCUT2D eigenvalue weighted by atomic mass is 9.97. The number of carbonyl (C=O) groups excluding carboxylic acids is 3. The Balaban J connectivity index is 1.43. The number of urea groups is 1. The molecule has 1 aromatic carbocycles. The summed E-state index contributed by atoms with van der Waals surface area (Å²) in [5, 5.41) is 2.80. The van der Waals surface area contributed by atoms with Crippen LogP contribution in [0.15, 0.2) is 30.3 Å². The van der Waals surface area contributed by atoms with Crippen LogP contribution in [-0.4, -0.2) is 55.8 Å². The van der Waals surface area contributed by atoms with Gasteiger partial charge in [-0.25, -0.2) is 13.2 Å². The second-order valence-electron chi connectivity index (χ2n) is 7.59. The van der Waals surface area contributed by atoms with Gasteiger partial charge in [0.15, 0.2) is 9.84 Å². The van der Waals surface area contributed by atoms with Crippen molar-refractivity contribution in [3.63, 3.8) is 0 Å². The van der Waals surface area contributed by atoms with E-state index in [1.165, 1.54) is 0 Å². The first-order valence-corrected chi connectivity index (χ1v) is 11.5. The molecule has 0 aliphatic carbocycles. The third-order valence-electron chi connectivity index (χ3n) is 5.23. The molecule has 2 saturated heterocycles. The summed E-state index contributed by atoms with van der Waals surface area (Å²) in [6, 6.07) is 8.82. The number of para-hydroxylation sites is 1. The molecule has 0 unspecified atom stereocenters. The predicted octanol–water partition coefficient (Wildman–Crippen LogP) is 0.903. The number of hydrogen-bond acceptors (Lipinski definition) is 5. The monoisotopic (exact) mass is 422 g/mol. The first kappa shape index (κ1) is 21.1. The number of hydrogen-bond donors (Lipinski definition) is 3. The number of sulfone groups is 1. The third kappa shape index (κ3) is 6.18. The molecule has 0 radical (unpaired) electrons. The van der Waals surface area contributed by atoms with Crippen molar-refractivity contribution >= 4 is 33.4 Å². The molecule has 3 rings (SSSR count). The fraction of sp³-hybridized carbons (Fsp3) is 0.526. The lowest BCUT2D eigenvalue weighted by Gasteiger charge is -2.32. The maximum atomic E-state index is 12.4. The number of nitrogens with one attached hydrogen (secondary N) is 3. The Hall–Kier alpha value is -2.62. The molecule has 2 atom stereocenters. The molecule has 0 aromatic heterocycles. The van der Waals surface area contributed by atoms with E-state index in [1.807, 2.05) is 18.2 Å². The van der Waals surface area contributed by atoms with E-state index in [4.69, 9.17) is 0 Å². The van der Waals surface area contributed by atoms with Crippen LogP contribution in [0.5, 0.6) is 0 Å². The van der Waals surface area contributed by atoms with Crippen LogP contribution in [0.1, 0.15) is 25.7 Å². The Labute approximate surface area is 170 Å². The lowest BCUT2D eigenvalue weighted by molar-refractivity contribution is -0.132. The van der Waals surface area contributed by atoms with E-state index < -0.39 is 21.7 Å². The zero-order valence-corrected chi connectivity index (χ0v) is 16.9. The number of piperidine rings is 1. The summed E-state index contributed by atoms with van der Waals surface area (Å²) in [4.78, 5) is 38.4. The molecular formula is C19H26N4O5S. The second-order valence-corrected chi connectivity index (χ2v) is 9.82. The molecule has 2 aliphatic heterocycles. The summed E-state index contributed by atoms with van der Waals surface area (Å²) in [5.74, 6) is -1.26. The van der Waals surface area contributed by atoms with E-state index in [2.05, 4.69) is 16.2 Å². The minimum atomic E-state index is -3.04. The smallest absolute Gasteiger partial charge is 0.321 e. The van der Waals surface area contributed by atoms with E-state index in [0.717, 1.165) is 0 Å². The molecule has 0 saturated carbocycles. The molecule has 4 amide bonds. The SMILES string of the molecule is O=C(C[C@H]1CCS(=O)(=O)C1)NNC(=O)[C@@H]1CCCN(C(=O)Nc2ccccc2)C1. The summed E-state index contributed by atoms with van der Waals surface area (Å²) in [5.41, 5.74) is 5.46. The van der Waals surface area contributed by atoms with Gasteiger partial charge in [0, 0.05) is 25.2 Å². The first-order valence-electron chi connectivity index (χ1n) is 9.72. The van der Waals surface area contributed by atoms with Crippen LogP contribution < -0.4 is 16.2 Å². The number of nitrogens with zero attached hydrogens (tertiary/aromatic N) is 1. The van der Waals surface area contributed by atoms with E-state index in [0.29, 0.717) is 31.5 Å². The molecule has 2 fully saturated rings. The van der Waals surface area contributed by atoms with Gasteiger partial charge < -0.3 is 10.2 Å². The number of rotatable bonds is 4. The summed E-state index contributed by atoms with van der Waals surface area (Å²) < 4.78 is 22.9. The van der Waals surface area contributed by atoms with E-state index >= 15 is 0 Å². The molecule has 0 bridgehead atoms. The Kier molecular flexibility index (Phi) is 6.73. The van der Waals surface area contributed by atoms with E-state index in [9.17, 15) is 22.8 Å². The molecule has 1 aromatic rings. The summed E-state index contributed by atoms with van der Waals surface area (Å²) >= 11 is 0. The Morgan fingerprint density at radius 1 is 1.07 bits per heavy atom. The highest BCUT2D eigenvalue weighted by molar-refractivity contribution is 7.91. The van der Waals surface area contributed by atoms with Crippen LogP contribution in [0, 0.1) is 11.8 Å². The van der Waals surface area contributed by atoms with Gasteiger partial charge in [-0.15, -0.1) is 0 Å². The van der Waals surface area contributed by atoms with Crippen molar-refractivity contribution in [1.29, 1.82) is 0 Å². The fourth-order valence-corrected chi connectivity index (χ4v) is 5.54. The zero-order chi connectivity index (χ0) is 20.9. The quantitative estimate of drug-likeness (QED) is 0.622. The molecule has 0 spiro atoms. The van der Waals surface area contributed by atoms with Crippen molar-refractivity contribution < 1.29 is 22.8 Å².